The summed E-state index contributed by atoms with van der Waals surface area (Å²) < 4.78 is 11.0. The maximum absolute atomic E-state index is 11.3. The van der Waals surface area contributed by atoms with E-state index in [1.54, 1.807) is 12.1 Å². The standard InChI is InChI=1S/C18H21BClN3O3/c1-22-9-11-23(12-10-22)17-13-15(7-8-16(17)20)25-19(26-18(21)24)14-5-3-2-4-6-14/h2-8,13H,9-12H2,1H3,(H2,21,24). The maximum atomic E-state index is 11.3. The van der Waals surface area contributed by atoms with Gasteiger partial charge in [-0.2, -0.15) is 0 Å². The zero-order valence-electron chi connectivity index (χ0n) is 14.6. The summed E-state index contributed by atoms with van der Waals surface area (Å²) in [4.78, 5) is 15.8. The van der Waals surface area contributed by atoms with Crippen molar-refractivity contribution >= 4 is 36.0 Å². The van der Waals surface area contributed by atoms with Crippen molar-refractivity contribution in [2.75, 3.05) is 38.1 Å². The molecule has 0 aliphatic carbocycles. The summed E-state index contributed by atoms with van der Waals surface area (Å²) in [5, 5.41) is 0.661. The van der Waals surface area contributed by atoms with Crippen LogP contribution in [0.15, 0.2) is 48.5 Å². The molecule has 8 heteroatoms. The van der Waals surface area contributed by atoms with E-state index in [2.05, 4.69) is 16.8 Å². The second-order valence-electron chi connectivity index (χ2n) is 6.20. The third-order valence-corrected chi connectivity index (χ3v) is 4.62. The Labute approximate surface area is 158 Å². The summed E-state index contributed by atoms with van der Waals surface area (Å²) in [5.74, 6) is 0.554. The van der Waals surface area contributed by atoms with Crippen LogP contribution in [0.2, 0.25) is 5.02 Å². The zero-order valence-corrected chi connectivity index (χ0v) is 15.4. The van der Waals surface area contributed by atoms with E-state index in [9.17, 15) is 4.79 Å². The first-order valence-corrected chi connectivity index (χ1v) is 8.81. The predicted octanol–water partition coefficient (Wildman–Crippen LogP) is 1.96. The SMILES string of the molecule is CN1CCN(c2cc(OB(OC(N)=O)c3ccccc3)ccc2Cl)CC1. The first-order valence-electron chi connectivity index (χ1n) is 8.43. The number of primary amides is 1. The molecular weight excluding hydrogens is 352 g/mol. The number of rotatable bonds is 5. The van der Waals surface area contributed by atoms with Crippen LogP contribution in [0.3, 0.4) is 0 Å². The van der Waals surface area contributed by atoms with Crippen molar-refractivity contribution in [1.29, 1.82) is 0 Å². The normalized spacial score (nSPS) is 14.8. The Kier molecular flexibility index (Phi) is 5.91. The van der Waals surface area contributed by atoms with E-state index in [0.717, 1.165) is 31.9 Å². The maximum Gasteiger partial charge on any atom is 0.635 e. The van der Waals surface area contributed by atoms with Gasteiger partial charge in [0.1, 0.15) is 5.75 Å². The molecule has 2 N–H and O–H groups in total. The number of halogens is 1. The van der Waals surface area contributed by atoms with Crippen molar-refractivity contribution < 1.29 is 14.1 Å². The number of hydrogen-bond donors (Lipinski definition) is 1. The van der Waals surface area contributed by atoms with E-state index in [-0.39, 0.29) is 0 Å². The smallest absolute Gasteiger partial charge is 0.522 e. The fourth-order valence-electron chi connectivity index (χ4n) is 2.85. The fourth-order valence-corrected chi connectivity index (χ4v) is 3.09. The molecule has 136 valence electrons. The number of carbonyl (C=O) groups excluding carboxylic acids is 1. The molecule has 1 heterocycles. The van der Waals surface area contributed by atoms with Gasteiger partial charge in [0.25, 0.3) is 0 Å². The molecular formula is C18H21BClN3O3. The van der Waals surface area contributed by atoms with E-state index < -0.39 is 13.2 Å². The predicted molar refractivity (Wildman–Crippen MR) is 104 cm³/mol. The third kappa shape index (κ3) is 4.62. The minimum absolute atomic E-state index is 0.554. The number of anilines is 1. The minimum Gasteiger partial charge on any atom is -0.522 e. The monoisotopic (exact) mass is 373 g/mol. The molecule has 2 aromatic carbocycles. The molecule has 2 aromatic rings. The molecule has 0 atom stereocenters. The summed E-state index contributed by atoms with van der Waals surface area (Å²) in [6.45, 7) is 3.72. The van der Waals surface area contributed by atoms with Crippen LogP contribution in [0.5, 0.6) is 5.75 Å². The third-order valence-electron chi connectivity index (χ3n) is 4.30. The molecule has 1 aliphatic rings. The van der Waals surface area contributed by atoms with Gasteiger partial charge in [-0.25, -0.2) is 4.79 Å². The van der Waals surface area contributed by atoms with Gasteiger partial charge in [-0.05, 0) is 19.2 Å². The van der Waals surface area contributed by atoms with Gasteiger partial charge < -0.3 is 24.8 Å². The lowest BCUT2D eigenvalue weighted by molar-refractivity contribution is 0.204. The van der Waals surface area contributed by atoms with Gasteiger partial charge in [-0.3, -0.25) is 0 Å². The highest BCUT2D eigenvalue weighted by atomic mass is 35.5. The number of nitrogens with two attached hydrogens (primary N) is 1. The van der Waals surface area contributed by atoms with E-state index in [0.29, 0.717) is 16.2 Å². The van der Waals surface area contributed by atoms with E-state index >= 15 is 0 Å². The van der Waals surface area contributed by atoms with Crippen LogP contribution in [0.1, 0.15) is 0 Å². The Balaban J connectivity index is 1.81. The van der Waals surface area contributed by atoms with Crippen molar-refractivity contribution in [3.8, 4) is 5.75 Å². The quantitative estimate of drug-likeness (QED) is 0.812. The molecule has 0 aromatic heterocycles. The van der Waals surface area contributed by atoms with Crippen molar-refractivity contribution in [2.24, 2.45) is 5.73 Å². The van der Waals surface area contributed by atoms with Gasteiger partial charge in [0.15, 0.2) is 0 Å². The summed E-state index contributed by atoms with van der Waals surface area (Å²) in [5.41, 5.74) is 6.80. The second kappa shape index (κ2) is 8.34. The average molecular weight is 374 g/mol. The van der Waals surface area contributed by atoms with Crippen LogP contribution in [-0.2, 0) is 4.65 Å². The van der Waals surface area contributed by atoms with Crippen LogP contribution in [0.4, 0.5) is 10.5 Å². The molecule has 6 nitrogen and oxygen atoms in total. The Bertz CT molecular complexity index is 755. The first kappa shape index (κ1) is 18.4. The number of carbonyl (C=O) groups is 1. The molecule has 1 saturated heterocycles. The summed E-state index contributed by atoms with van der Waals surface area (Å²) >= 11 is 6.39. The molecule has 1 aliphatic heterocycles. The lowest BCUT2D eigenvalue weighted by Crippen LogP contribution is -2.44. The van der Waals surface area contributed by atoms with Crippen molar-refractivity contribution in [1.82, 2.24) is 4.90 Å². The Morgan fingerprint density at radius 1 is 1.12 bits per heavy atom. The van der Waals surface area contributed by atoms with Crippen LogP contribution in [0, 0.1) is 0 Å². The zero-order chi connectivity index (χ0) is 18.5. The van der Waals surface area contributed by atoms with Crippen molar-refractivity contribution in [2.45, 2.75) is 0 Å². The number of nitrogens with zero attached hydrogens (tertiary/aromatic N) is 2. The molecule has 0 spiro atoms. The molecule has 3 rings (SSSR count). The number of hydrogen-bond acceptors (Lipinski definition) is 5. The Morgan fingerprint density at radius 2 is 1.81 bits per heavy atom. The first-order chi connectivity index (χ1) is 12.5. The second-order valence-corrected chi connectivity index (χ2v) is 6.61. The topological polar surface area (TPSA) is 68.0 Å². The van der Waals surface area contributed by atoms with Gasteiger partial charge in [0.05, 0.1) is 10.7 Å². The van der Waals surface area contributed by atoms with E-state index in [1.807, 2.05) is 36.4 Å². The Morgan fingerprint density at radius 3 is 2.46 bits per heavy atom. The molecule has 0 bridgehead atoms. The van der Waals surface area contributed by atoms with Crippen LogP contribution >= 0.6 is 11.6 Å². The molecule has 1 fully saturated rings. The van der Waals surface area contributed by atoms with Gasteiger partial charge in [-0.15, -0.1) is 0 Å². The van der Waals surface area contributed by atoms with Gasteiger partial charge in [0.2, 0.25) is 0 Å². The van der Waals surface area contributed by atoms with Crippen LogP contribution in [-0.4, -0.2) is 51.3 Å². The van der Waals surface area contributed by atoms with Crippen LogP contribution < -0.4 is 20.8 Å². The largest absolute Gasteiger partial charge is 0.635 e. The van der Waals surface area contributed by atoms with E-state index in [4.69, 9.17) is 26.6 Å². The highest BCUT2D eigenvalue weighted by molar-refractivity contribution is 6.63. The molecule has 0 saturated carbocycles. The van der Waals surface area contributed by atoms with Crippen LogP contribution in [0.25, 0.3) is 0 Å². The summed E-state index contributed by atoms with van der Waals surface area (Å²) in [7, 11) is 1.18. The molecule has 26 heavy (non-hydrogen) atoms. The van der Waals surface area contributed by atoms with Crippen molar-refractivity contribution in [3.63, 3.8) is 0 Å². The molecule has 0 radical (unpaired) electrons. The van der Waals surface area contributed by atoms with Gasteiger partial charge in [-0.1, -0.05) is 41.9 Å². The van der Waals surface area contributed by atoms with E-state index in [1.165, 1.54) is 0 Å². The molecule has 1 amide bonds. The highest BCUT2D eigenvalue weighted by Crippen LogP contribution is 2.31. The average Bonchev–Trinajstić information content (AvgIpc) is 2.64. The van der Waals surface area contributed by atoms with Gasteiger partial charge >= 0.3 is 13.2 Å². The summed E-state index contributed by atoms with van der Waals surface area (Å²) in [6, 6.07) is 14.6. The number of likely N-dealkylation sites (N-methyl/N-ethyl adjacent to an activating group) is 1. The molecule has 0 unspecified atom stereocenters. The van der Waals surface area contributed by atoms with Gasteiger partial charge in [0, 0.05) is 37.7 Å². The number of piperazine rings is 1. The highest BCUT2D eigenvalue weighted by Gasteiger charge is 2.28. The Hall–Kier alpha value is -2.38. The number of amides is 1. The minimum atomic E-state index is -0.921. The number of benzene rings is 2. The summed E-state index contributed by atoms with van der Waals surface area (Å²) in [6.07, 6.45) is -0.896. The fraction of sp³-hybridized carbons (Fsp3) is 0.278. The lowest BCUT2D eigenvalue weighted by Gasteiger charge is -2.34. The lowest BCUT2D eigenvalue weighted by atomic mass is 9.79. The van der Waals surface area contributed by atoms with Crippen molar-refractivity contribution in [3.05, 3.63) is 53.6 Å².